The molecule has 0 amide bonds. The molecule has 1 heterocycles. The monoisotopic (exact) mass is 361 g/mol. The smallest absolute Gasteiger partial charge is 0.105 e. The molecule has 0 saturated heterocycles. The maximum atomic E-state index is 11.1. The number of rotatable bonds is 3. The lowest BCUT2D eigenvalue weighted by Gasteiger charge is -2.17. The molecule has 0 aliphatic heterocycles. The predicted octanol–water partition coefficient (Wildman–Crippen LogP) is 6.14. The first kappa shape index (κ1) is 16.7. The van der Waals surface area contributed by atoms with Crippen LogP contribution in [0.25, 0.3) is 32.8 Å². The van der Waals surface area contributed by atoms with Gasteiger partial charge in [0.2, 0.25) is 0 Å². The van der Waals surface area contributed by atoms with Gasteiger partial charge in [-0.1, -0.05) is 84.9 Å². The summed E-state index contributed by atoms with van der Waals surface area (Å²) in [5, 5.41) is 14.3. The Hall–Kier alpha value is -3.49. The van der Waals surface area contributed by atoms with Gasteiger partial charge in [-0.3, -0.25) is 4.98 Å². The van der Waals surface area contributed by atoms with Crippen molar-refractivity contribution in [2.45, 2.75) is 6.10 Å². The summed E-state index contributed by atoms with van der Waals surface area (Å²) in [7, 11) is 0. The molecule has 1 aromatic heterocycles. The first-order chi connectivity index (χ1) is 13.8. The van der Waals surface area contributed by atoms with E-state index in [1.165, 1.54) is 0 Å². The highest BCUT2D eigenvalue weighted by Gasteiger charge is 2.17. The quantitative estimate of drug-likeness (QED) is 0.392. The van der Waals surface area contributed by atoms with Crippen molar-refractivity contribution in [1.29, 1.82) is 0 Å². The lowest BCUT2D eigenvalue weighted by molar-refractivity contribution is 0.222. The molecule has 0 fully saturated rings. The largest absolute Gasteiger partial charge is 0.384 e. The number of aliphatic hydroxyl groups is 1. The third-order valence-electron chi connectivity index (χ3n) is 5.26. The van der Waals surface area contributed by atoms with E-state index in [4.69, 9.17) is 4.98 Å². The highest BCUT2D eigenvalue weighted by molar-refractivity contribution is 6.13. The summed E-state index contributed by atoms with van der Waals surface area (Å²) in [6.45, 7) is 0. The zero-order valence-electron chi connectivity index (χ0n) is 15.3. The molecule has 1 unspecified atom stereocenters. The van der Waals surface area contributed by atoms with Gasteiger partial charge < -0.3 is 5.11 Å². The molecule has 0 saturated carbocycles. The molecule has 0 bridgehead atoms. The van der Waals surface area contributed by atoms with Gasteiger partial charge in [0, 0.05) is 17.0 Å². The number of pyridine rings is 1. The topological polar surface area (TPSA) is 33.1 Å². The average Bonchev–Trinajstić information content (AvgIpc) is 2.79. The van der Waals surface area contributed by atoms with Crippen molar-refractivity contribution < 1.29 is 5.11 Å². The summed E-state index contributed by atoms with van der Waals surface area (Å²) in [6.07, 6.45) is 1.13. The van der Waals surface area contributed by atoms with Gasteiger partial charge in [-0.2, -0.15) is 0 Å². The average molecular weight is 361 g/mol. The molecule has 5 aromatic rings. The van der Waals surface area contributed by atoms with Crippen LogP contribution < -0.4 is 0 Å². The molecule has 4 aromatic carbocycles. The van der Waals surface area contributed by atoms with Crippen LogP contribution in [0.2, 0.25) is 0 Å². The molecule has 0 aliphatic rings. The van der Waals surface area contributed by atoms with Crippen LogP contribution in [0.15, 0.2) is 103 Å². The van der Waals surface area contributed by atoms with Crippen molar-refractivity contribution in [2.24, 2.45) is 0 Å². The molecule has 28 heavy (non-hydrogen) atoms. The Balaban J connectivity index is 1.83. The van der Waals surface area contributed by atoms with Crippen molar-refractivity contribution in [3.63, 3.8) is 0 Å². The molecular weight excluding hydrogens is 342 g/mol. The molecule has 2 nitrogen and oxygen atoms in total. The summed E-state index contributed by atoms with van der Waals surface area (Å²) in [5.74, 6) is 0. The van der Waals surface area contributed by atoms with Gasteiger partial charge in [-0.05, 0) is 39.8 Å². The molecule has 0 radical (unpaired) electrons. The van der Waals surface area contributed by atoms with Gasteiger partial charge in [0.15, 0.2) is 0 Å². The number of hydrogen-bond donors (Lipinski definition) is 1. The van der Waals surface area contributed by atoms with Crippen LogP contribution in [0.3, 0.4) is 0 Å². The summed E-state index contributed by atoms with van der Waals surface area (Å²) < 4.78 is 0. The maximum Gasteiger partial charge on any atom is 0.105 e. The van der Waals surface area contributed by atoms with Gasteiger partial charge in [0.25, 0.3) is 0 Å². The molecule has 5 rings (SSSR count). The third kappa shape index (κ3) is 2.75. The normalized spacial score (nSPS) is 12.3. The molecule has 0 aliphatic carbocycles. The summed E-state index contributed by atoms with van der Waals surface area (Å²) in [6, 6.07) is 32.5. The zero-order valence-corrected chi connectivity index (χ0v) is 15.3. The zero-order chi connectivity index (χ0) is 18.9. The fourth-order valence-corrected chi connectivity index (χ4v) is 3.94. The fraction of sp³-hybridized carbons (Fsp3) is 0.0385. The number of fused-ring (bicyclic) bond motifs is 3. The first-order valence-electron chi connectivity index (χ1n) is 9.42. The predicted molar refractivity (Wildman–Crippen MR) is 115 cm³/mol. The van der Waals surface area contributed by atoms with Crippen LogP contribution in [0.4, 0.5) is 0 Å². The standard InChI is InChI=1S/C26H19NO/c28-26(19-11-5-2-6-12-19)23-17-20-13-7-14-21(18-9-3-1-4-10-18)24(20)25-22(23)15-8-16-27-25/h1-17,26,28H. The fourth-order valence-electron chi connectivity index (χ4n) is 3.94. The number of hydrogen-bond acceptors (Lipinski definition) is 2. The minimum atomic E-state index is -0.697. The lowest BCUT2D eigenvalue weighted by atomic mass is 9.90. The number of benzene rings is 4. The first-order valence-corrected chi connectivity index (χ1v) is 9.42. The van der Waals surface area contributed by atoms with E-state index in [2.05, 4.69) is 48.5 Å². The van der Waals surface area contributed by atoms with Gasteiger partial charge in [-0.15, -0.1) is 0 Å². The molecule has 134 valence electrons. The lowest BCUT2D eigenvalue weighted by Crippen LogP contribution is -2.01. The number of nitrogens with zero attached hydrogens (tertiary/aromatic N) is 1. The van der Waals surface area contributed by atoms with Crippen LogP contribution in [0, 0.1) is 0 Å². The Labute approximate surface area is 163 Å². The van der Waals surface area contributed by atoms with E-state index >= 15 is 0 Å². The molecular formula is C26H19NO. The third-order valence-corrected chi connectivity index (χ3v) is 5.26. The van der Waals surface area contributed by atoms with Crippen LogP contribution in [0.1, 0.15) is 17.2 Å². The van der Waals surface area contributed by atoms with E-state index in [9.17, 15) is 5.11 Å². The summed E-state index contributed by atoms with van der Waals surface area (Å²) in [4.78, 5) is 4.72. The van der Waals surface area contributed by atoms with Gasteiger partial charge >= 0.3 is 0 Å². The Kier molecular flexibility index (Phi) is 4.12. The number of aliphatic hydroxyl groups excluding tert-OH is 1. The van der Waals surface area contributed by atoms with Gasteiger partial charge in [0.05, 0.1) is 5.52 Å². The summed E-state index contributed by atoms with van der Waals surface area (Å²) in [5.41, 5.74) is 5.00. The Morgan fingerprint density at radius 1 is 0.714 bits per heavy atom. The second-order valence-electron chi connectivity index (χ2n) is 6.95. The van der Waals surface area contributed by atoms with Gasteiger partial charge in [-0.25, -0.2) is 0 Å². The molecule has 1 N–H and O–H groups in total. The second-order valence-corrected chi connectivity index (χ2v) is 6.95. The van der Waals surface area contributed by atoms with Gasteiger partial charge in [0.1, 0.15) is 6.10 Å². The van der Waals surface area contributed by atoms with Crippen molar-refractivity contribution >= 4 is 21.7 Å². The second kappa shape index (κ2) is 6.91. The van der Waals surface area contributed by atoms with E-state index in [1.54, 1.807) is 0 Å². The van der Waals surface area contributed by atoms with E-state index in [0.29, 0.717) is 0 Å². The van der Waals surface area contributed by atoms with Crippen molar-refractivity contribution in [3.8, 4) is 11.1 Å². The van der Waals surface area contributed by atoms with Crippen LogP contribution >= 0.6 is 0 Å². The van der Waals surface area contributed by atoms with Crippen molar-refractivity contribution in [2.75, 3.05) is 0 Å². The minimum Gasteiger partial charge on any atom is -0.384 e. The van der Waals surface area contributed by atoms with Crippen molar-refractivity contribution in [3.05, 3.63) is 114 Å². The van der Waals surface area contributed by atoms with Crippen LogP contribution in [-0.4, -0.2) is 10.1 Å². The van der Waals surface area contributed by atoms with Crippen molar-refractivity contribution in [1.82, 2.24) is 4.98 Å². The molecule has 0 spiro atoms. The van der Waals surface area contributed by atoms with E-state index in [-0.39, 0.29) is 0 Å². The van der Waals surface area contributed by atoms with E-state index < -0.39 is 6.10 Å². The Morgan fingerprint density at radius 3 is 2.25 bits per heavy atom. The van der Waals surface area contributed by atoms with E-state index in [0.717, 1.165) is 43.9 Å². The molecule has 2 heteroatoms. The number of aromatic nitrogens is 1. The highest BCUT2D eigenvalue weighted by atomic mass is 16.3. The highest BCUT2D eigenvalue weighted by Crippen LogP contribution is 2.38. The minimum absolute atomic E-state index is 0.697. The SMILES string of the molecule is OC(c1ccccc1)c1cc2cccc(-c3ccccc3)c2c2ncccc12. The van der Waals surface area contributed by atoms with Crippen LogP contribution in [0.5, 0.6) is 0 Å². The Morgan fingerprint density at radius 2 is 1.46 bits per heavy atom. The van der Waals surface area contributed by atoms with Crippen LogP contribution in [-0.2, 0) is 0 Å². The van der Waals surface area contributed by atoms with E-state index in [1.807, 2.05) is 54.7 Å². The Bertz CT molecular complexity index is 1260. The molecule has 1 atom stereocenters. The maximum absolute atomic E-state index is 11.1. The summed E-state index contributed by atoms with van der Waals surface area (Å²) >= 11 is 0.